The number of hydrogen-bond acceptors (Lipinski definition) is 2. The second-order valence-electron chi connectivity index (χ2n) is 7.28. The van der Waals surface area contributed by atoms with Gasteiger partial charge in [0.1, 0.15) is 6.54 Å². The number of benzene rings is 1. The van der Waals surface area contributed by atoms with Gasteiger partial charge in [-0.1, -0.05) is 31.0 Å². The van der Waals surface area contributed by atoms with Crippen LogP contribution in [0.2, 0.25) is 0 Å². The lowest BCUT2D eigenvalue weighted by Gasteiger charge is -2.30. The number of aromatic nitrogens is 1. The smallest absolute Gasteiger partial charge is 0.242 e. The van der Waals surface area contributed by atoms with Gasteiger partial charge in [0.15, 0.2) is 0 Å². The number of nitrogens with one attached hydrogen (secondary N) is 1. The van der Waals surface area contributed by atoms with Crippen molar-refractivity contribution in [2.24, 2.45) is 0 Å². The molecular weight excluding hydrogens is 298 g/mol. The average Bonchev–Trinajstić information content (AvgIpc) is 3.08. The molecular formula is C20H27N3O. The summed E-state index contributed by atoms with van der Waals surface area (Å²) in [5, 5.41) is 4.88. The van der Waals surface area contributed by atoms with E-state index in [-0.39, 0.29) is 5.91 Å². The number of rotatable bonds is 2. The van der Waals surface area contributed by atoms with E-state index in [9.17, 15) is 4.79 Å². The van der Waals surface area contributed by atoms with Crippen LogP contribution in [0.15, 0.2) is 30.3 Å². The Kier molecular flexibility index (Phi) is 4.31. The quantitative estimate of drug-likeness (QED) is 0.921. The lowest BCUT2D eigenvalue weighted by molar-refractivity contribution is -0.133. The molecule has 4 heteroatoms. The SMILES string of the molecule is Cc1cc2ccccc2n1CC(=O)N1CC[C@@H]2NCCCCC[C@H]21. The number of carbonyl (C=O) groups excluding carboxylic acids is 1. The van der Waals surface area contributed by atoms with Gasteiger partial charge in [0.05, 0.1) is 0 Å². The fourth-order valence-corrected chi connectivity index (χ4v) is 4.49. The summed E-state index contributed by atoms with van der Waals surface area (Å²) in [4.78, 5) is 15.2. The van der Waals surface area contributed by atoms with Gasteiger partial charge in [-0.05, 0) is 50.2 Å². The molecule has 128 valence electrons. The van der Waals surface area contributed by atoms with Crippen LogP contribution >= 0.6 is 0 Å². The molecule has 24 heavy (non-hydrogen) atoms. The Balaban J connectivity index is 1.54. The van der Waals surface area contributed by atoms with Crippen molar-refractivity contribution in [1.29, 1.82) is 0 Å². The van der Waals surface area contributed by atoms with Gasteiger partial charge in [-0.25, -0.2) is 0 Å². The van der Waals surface area contributed by atoms with Crippen LogP contribution in [0.3, 0.4) is 0 Å². The number of hydrogen-bond donors (Lipinski definition) is 1. The third-order valence-electron chi connectivity index (χ3n) is 5.76. The first-order valence-corrected chi connectivity index (χ1v) is 9.32. The number of aryl methyl sites for hydroxylation is 1. The highest BCUT2D eigenvalue weighted by Crippen LogP contribution is 2.26. The first-order chi connectivity index (χ1) is 11.7. The van der Waals surface area contributed by atoms with Crippen molar-refractivity contribution < 1.29 is 4.79 Å². The van der Waals surface area contributed by atoms with E-state index < -0.39 is 0 Å². The van der Waals surface area contributed by atoms with Gasteiger partial charge in [0.25, 0.3) is 0 Å². The van der Waals surface area contributed by atoms with Crippen molar-refractivity contribution in [3.05, 3.63) is 36.0 Å². The fraction of sp³-hybridized carbons (Fsp3) is 0.550. The Morgan fingerprint density at radius 2 is 2.08 bits per heavy atom. The normalized spacial score (nSPS) is 24.6. The monoisotopic (exact) mass is 325 g/mol. The number of amides is 1. The minimum atomic E-state index is 0.273. The van der Waals surface area contributed by atoms with Crippen LogP contribution in [-0.2, 0) is 11.3 Å². The molecule has 0 unspecified atom stereocenters. The van der Waals surface area contributed by atoms with Crippen LogP contribution in [-0.4, -0.2) is 40.5 Å². The van der Waals surface area contributed by atoms with Crippen LogP contribution in [0.5, 0.6) is 0 Å². The number of para-hydroxylation sites is 1. The molecule has 4 rings (SSSR count). The lowest BCUT2D eigenvalue weighted by Crippen LogP contribution is -2.46. The summed E-state index contributed by atoms with van der Waals surface area (Å²) in [7, 11) is 0. The molecule has 2 aliphatic rings. The van der Waals surface area contributed by atoms with E-state index in [0.717, 1.165) is 37.1 Å². The largest absolute Gasteiger partial charge is 0.337 e. The Morgan fingerprint density at radius 1 is 1.21 bits per heavy atom. The summed E-state index contributed by atoms with van der Waals surface area (Å²) >= 11 is 0. The number of carbonyl (C=O) groups is 1. The molecule has 0 aliphatic carbocycles. The zero-order chi connectivity index (χ0) is 16.5. The zero-order valence-electron chi connectivity index (χ0n) is 14.5. The highest BCUT2D eigenvalue weighted by Gasteiger charge is 2.36. The third kappa shape index (κ3) is 2.84. The van der Waals surface area contributed by atoms with Crippen molar-refractivity contribution in [2.45, 2.75) is 57.7 Å². The predicted octanol–water partition coefficient (Wildman–Crippen LogP) is 3.08. The van der Waals surface area contributed by atoms with Crippen molar-refractivity contribution >= 4 is 16.8 Å². The van der Waals surface area contributed by atoms with Gasteiger partial charge in [-0.3, -0.25) is 4.79 Å². The Morgan fingerprint density at radius 3 is 3.00 bits per heavy atom. The average molecular weight is 325 g/mol. The summed E-state index contributed by atoms with van der Waals surface area (Å²) in [6, 6.07) is 11.4. The summed E-state index contributed by atoms with van der Waals surface area (Å²) < 4.78 is 2.17. The van der Waals surface area contributed by atoms with E-state index in [1.165, 1.54) is 24.6 Å². The standard InChI is InChI=1S/C20H27N3O/c1-15-13-16-7-4-5-8-18(16)23(15)14-20(24)22-12-10-17-19(22)9-3-2-6-11-21-17/h4-5,7-8,13,17,19,21H,2-3,6,9-12,14H2,1H3/t17-,19+/m0/s1. The van der Waals surface area contributed by atoms with Gasteiger partial charge in [0, 0.05) is 29.8 Å². The molecule has 0 radical (unpaired) electrons. The molecule has 1 N–H and O–H groups in total. The Hall–Kier alpha value is -1.81. The topological polar surface area (TPSA) is 37.3 Å². The van der Waals surface area contributed by atoms with Crippen molar-refractivity contribution in [3.63, 3.8) is 0 Å². The van der Waals surface area contributed by atoms with Gasteiger partial charge in [-0.2, -0.15) is 0 Å². The van der Waals surface area contributed by atoms with Gasteiger partial charge < -0.3 is 14.8 Å². The Bertz CT molecular complexity index is 736. The number of likely N-dealkylation sites (tertiary alicyclic amines) is 1. The summed E-state index contributed by atoms with van der Waals surface area (Å²) in [5.41, 5.74) is 2.32. The van der Waals surface area contributed by atoms with Crippen LogP contribution < -0.4 is 5.32 Å². The molecule has 2 fully saturated rings. The summed E-state index contributed by atoms with van der Waals surface area (Å²) in [6.45, 7) is 4.56. The van der Waals surface area contributed by atoms with Crippen LogP contribution in [0.4, 0.5) is 0 Å². The van der Waals surface area contributed by atoms with E-state index in [4.69, 9.17) is 0 Å². The molecule has 0 saturated carbocycles. The van der Waals surface area contributed by atoms with E-state index in [0.29, 0.717) is 18.6 Å². The molecule has 2 atom stereocenters. The zero-order valence-corrected chi connectivity index (χ0v) is 14.5. The molecule has 4 nitrogen and oxygen atoms in total. The van der Waals surface area contributed by atoms with Gasteiger partial charge >= 0.3 is 0 Å². The van der Waals surface area contributed by atoms with E-state index in [1.54, 1.807) is 0 Å². The maximum Gasteiger partial charge on any atom is 0.242 e. The van der Waals surface area contributed by atoms with Crippen molar-refractivity contribution in [1.82, 2.24) is 14.8 Å². The predicted molar refractivity (Wildman–Crippen MR) is 97.1 cm³/mol. The lowest BCUT2D eigenvalue weighted by atomic mass is 9.99. The fourth-order valence-electron chi connectivity index (χ4n) is 4.49. The number of fused-ring (bicyclic) bond motifs is 2. The highest BCUT2D eigenvalue weighted by molar-refractivity contribution is 5.84. The molecule has 0 bridgehead atoms. The summed E-state index contributed by atoms with van der Waals surface area (Å²) in [6.07, 6.45) is 6.04. The maximum absolute atomic E-state index is 13.0. The molecule has 2 aliphatic heterocycles. The van der Waals surface area contributed by atoms with Gasteiger partial charge in [-0.15, -0.1) is 0 Å². The maximum atomic E-state index is 13.0. The molecule has 3 heterocycles. The molecule has 2 aromatic rings. The van der Waals surface area contributed by atoms with Crippen LogP contribution in [0.25, 0.3) is 10.9 Å². The second kappa shape index (κ2) is 6.60. The first kappa shape index (κ1) is 15.7. The van der Waals surface area contributed by atoms with Crippen LogP contribution in [0.1, 0.15) is 37.8 Å². The van der Waals surface area contributed by atoms with Crippen molar-refractivity contribution in [2.75, 3.05) is 13.1 Å². The second-order valence-corrected chi connectivity index (χ2v) is 7.28. The molecule has 2 saturated heterocycles. The van der Waals surface area contributed by atoms with E-state index in [1.807, 2.05) is 6.07 Å². The Labute approximate surface area is 143 Å². The van der Waals surface area contributed by atoms with Gasteiger partial charge in [0.2, 0.25) is 5.91 Å². The molecule has 1 aromatic heterocycles. The minimum absolute atomic E-state index is 0.273. The third-order valence-corrected chi connectivity index (χ3v) is 5.76. The number of nitrogens with zero attached hydrogens (tertiary/aromatic N) is 2. The highest BCUT2D eigenvalue weighted by atomic mass is 16.2. The summed E-state index contributed by atoms with van der Waals surface area (Å²) in [5.74, 6) is 0.273. The molecule has 1 amide bonds. The molecule has 0 spiro atoms. The molecule has 1 aromatic carbocycles. The first-order valence-electron chi connectivity index (χ1n) is 9.32. The minimum Gasteiger partial charge on any atom is -0.337 e. The van der Waals surface area contributed by atoms with Crippen LogP contribution in [0, 0.1) is 6.92 Å². The van der Waals surface area contributed by atoms with E-state index in [2.05, 4.69) is 46.0 Å². The van der Waals surface area contributed by atoms with Crippen molar-refractivity contribution in [3.8, 4) is 0 Å². The van der Waals surface area contributed by atoms with E-state index >= 15 is 0 Å².